The number of carbonyl (C=O) groups excluding carboxylic acids is 1. The van der Waals surface area contributed by atoms with Crippen molar-refractivity contribution < 1.29 is 9.53 Å². The van der Waals surface area contributed by atoms with Gasteiger partial charge in [0.25, 0.3) is 11.7 Å². The second-order valence-electron chi connectivity index (χ2n) is 2.49. The SMILES string of the molecule is Cc1cc2nc(OC=O)sc2cn1. The molecule has 0 radical (unpaired) electrons. The number of ether oxygens (including phenoxy) is 1. The van der Waals surface area contributed by atoms with Gasteiger partial charge in [-0.2, -0.15) is 0 Å². The van der Waals surface area contributed by atoms with Crippen LogP contribution in [0.3, 0.4) is 0 Å². The maximum Gasteiger partial charge on any atom is 0.300 e. The topological polar surface area (TPSA) is 52.1 Å². The molecule has 13 heavy (non-hydrogen) atoms. The minimum Gasteiger partial charge on any atom is -0.400 e. The van der Waals surface area contributed by atoms with Gasteiger partial charge in [0.15, 0.2) is 0 Å². The van der Waals surface area contributed by atoms with Crippen LogP contribution in [0.5, 0.6) is 5.19 Å². The average molecular weight is 194 g/mol. The number of aryl methyl sites for hydroxylation is 1. The van der Waals surface area contributed by atoms with Crippen molar-refractivity contribution in [3.8, 4) is 5.19 Å². The Bertz CT molecular complexity index is 452. The molecule has 2 heterocycles. The highest BCUT2D eigenvalue weighted by Crippen LogP contribution is 2.26. The molecule has 0 aliphatic carbocycles. The number of hydrogen-bond donors (Lipinski definition) is 0. The number of thiazole rings is 1. The molecule has 2 aromatic heterocycles. The van der Waals surface area contributed by atoms with Gasteiger partial charge in [0.05, 0.1) is 10.2 Å². The minimum absolute atomic E-state index is 0.359. The van der Waals surface area contributed by atoms with Crippen molar-refractivity contribution in [1.82, 2.24) is 9.97 Å². The van der Waals surface area contributed by atoms with Crippen LogP contribution in [-0.4, -0.2) is 16.4 Å². The Morgan fingerprint density at radius 1 is 1.62 bits per heavy atom. The van der Waals surface area contributed by atoms with Crippen LogP contribution in [0.2, 0.25) is 0 Å². The van der Waals surface area contributed by atoms with Gasteiger partial charge >= 0.3 is 0 Å². The molecule has 0 unspecified atom stereocenters. The van der Waals surface area contributed by atoms with Crippen LogP contribution in [-0.2, 0) is 4.79 Å². The Balaban J connectivity index is 2.55. The predicted octanol–water partition coefficient (Wildman–Crippen LogP) is 1.53. The standard InChI is InChI=1S/C8H6N2O2S/c1-5-2-6-7(3-9-5)13-8(10-6)12-4-11/h2-4H,1H3. The molecular formula is C8H6N2O2S. The lowest BCUT2D eigenvalue weighted by molar-refractivity contribution is -0.120. The number of hydrogen-bond acceptors (Lipinski definition) is 5. The maximum absolute atomic E-state index is 10.0. The van der Waals surface area contributed by atoms with E-state index in [4.69, 9.17) is 0 Å². The molecule has 0 aliphatic rings. The van der Waals surface area contributed by atoms with Gasteiger partial charge < -0.3 is 4.74 Å². The molecule has 4 nitrogen and oxygen atoms in total. The number of rotatable bonds is 2. The van der Waals surface area contributed by atoms with Gasteiger partial charge in [-0.05, 0) is 13.0 Å². The molecule has 0 aromatic carbocycles. The summed E-state index contributed by atoms with van der Waals surface area (Å²) >= 11 is 1.30. The first-order valence-electron chi connectivity index (χ1n) is 3.63. The van der Waals surface area contributed by atoms with Crippen LogP contribution < -0.4 is 4.74 Å². The van der Waals surface area contributed by atoms with E-state index in [2.05, 4.69) is 14.7 Å². The summed E-state index contributed by atoms with van der Waals surface area (Å²) in [6, 6.07) is 1.85. The summed E-state index contributed by atoms with van der Waals surface area (Å²) in [7, 11) is 0. The van der Waals surface area contributed by atoms with Crippen molar-refractivity contribution in [2.45, 2.75) is 6.92 Å². The van der Waals surface area contributed by atoms with Crippen molar-refractivity contribution in [2.24, 2.45) is 0 Å². The maximum atomic E-state index is 10.0. The number of aromatic nitrogens is 2. The van der Waals surface area contributed by atoms with Crippen LogP contribution in [0.25, 0.3) is 10.2 Å². The predicted molar refractivity (Wildman–Crippen MR) is 48.8 cm³/mol. The minimum atomic E-state index is 0.359. The summed E-state index contributed by atoms with van der Waals surface area (Å²) < 4.78 is 5.55. The van der Waals surface area contributed by atoms with Gasteiger partial charge in [0.1, 0.15) is 0 Å². The van der Waals surface area contributed by atoms with Gasteiger partial charge in [-0.1, -0.05) is 11.3 Å². The second kappa shape index (κ2) is 3.10. The molecule has 0 aliphatic heterocycles. The third kappa shape index (κ3) is 1.50. The number of nitrogens with zero attached hydrogens (tertiary/aromatic N) is 2. The van der Waals surface area contributed by atoms with Gasteiger partial charge in [0.2, 0.25) is 0 Å². The van der Waals surface area contributed by atoms with E-state index in [-0.39, 0.29) is 0 Å². The van der Waals surface area contributed by atoms with E-state index < -0.39 is 0 Å². The zero-order valence-corrected chi connectivity index (χ0v) is 7.67. The lowest BCUT2D eigenvalue weighted by Crippen LogP contribution is -1.85. The Labute approximate surface area is 78.2 Å². The van der Waals surface area contributed by atoms with Crippen molar-refractivity contribution in [2.75, 3.05) is 0 Å². The molecule has 0 N–H and O–H groups in total. The highest BCUT2D eigenvalue weighted by Gasteiger charge is 2.04. The lowest BCUT2D eigenvalue weighted by atomic mass is 10.3. The molecule has 0 fully saturated rings. The van der Waals surface area contributed by atoms with Gasteiger partial charge in [-0.15, -0.1) is 0 Å². The third-order valence-electron chi connectivity index (χ3n) is 1.54. The van der Waals surface area contributed by atoms with Crippen LogP contribution in [0.4, 0.5) is 0 Å². The first-order chi connectivity index (χ1) is 6.29. The Kier molecular flexibility index (Phi) is 1.94. The molecule has 0 saturated carbocycles. The Morgan fingerprint density at radius 2 is 2.46 bits per heavy atom. The summed E-state index contributed by atoms with van der Waals surface area (Å²) in [5, 5.41) is 0.359. The van der Waals surface area contributed by atoms with E-state index in [1.165, 1.54) is 11.3 Å². The molecule has 0 saturated heterocycles. The quantitative estimate of drug-likeness (QED) is 0.680. The van der Waals surface area contributed by atoms with Crippen molar-refractivity contribution in [3.63, 3.8) is 0 Å². The summed E-state index contributed by atoms with van der Waals surface area (Å²) in [4.78, 5) is 18.2. The normalized spacial score (nSPS) is 10.2. The van der Waals surface area contributed by atoms with Gasteiger partial charge in [-0.25, -0.2) is 4.98 Å². The molecule has 0 spiro atoms. The zero-order chi connectivity index (χ0) is 9.26. The highest BCUT2D eigenvalue weighted by molar-refractivity contribution is 7.20. The van der Waals surface area contributed by atoms with Crippen molar-refractivity contribution in [3.05, 3.63) is 18.0 Å². The fourth-order valence-corrected chi connectivity index (χ4v) is 1.74. The summed E-state index contributed by atoms with van der Waals surface area (Å²) in [6.07, 6.45) is 1.72. The van der Waals surface area contributed by atoms with Crippen LogP contribution in [0.1, 0.15) is 5.69 Å². The molecule has 5 heteroatoms. The van der Waals surface area contributed by atoms with Crippen molar-refractivity contribution in [1.29, 1.82) is 0 Å². The second-order valence-corrected chi connectivity index (χ2v) is 3.48. The molecule has 66 valence electrons. The highest BCUT2D eigenvalue weighted by atomic mass is 32.1. The van der Waals surface area contributed by atoms with Crippen LogP contribution >= 0.6 is 11.3 Å². The summed E-state index contributed by atoms with van der Waals surface area (Å²) in [5.74, 6) is 0. The number of pyridine rings is 1. The number of fused-ring (bicyclic) bond motifs is 1. The fraction of sp³-hybridized carbons (Fsp3) is 0.125. The summed E-state index contributed by atoms with van der Waals surface area (Å²) in [6.45, 7) is 2.26. The van der Waals surface area contributed by atoms with E-state index in [1.807, 2.05) is 13.0 Å². The summed E-state index contributed by atoms with van der Waals surface area (Å²) in [5.41, 5.74) is 1.71. The van der Waals surface area contributed by atoms with E-state index in [0.717, 1.165) is 15.9 Å². The van der Waals surface area contributed by atoms with E-state index in [1.54, 1.807) is 6.20 Å². The molecule has 0 bridgehead atoms. The lowest BCUT2D eigenvalue weighted by Gasteiger charge is -1.87. The molecule has 0 atom stereocenters. The smallest absolute Gasteiger partial charge is 0.300 e. The monoisotopic (exact) mass is 194 g/mol. The van der Waals surface area contributed by atoms with Gasteiger partial charge in [-0.3, -0.25) is 9.78 Å². The first kappa shape index (κ1) is 8.12. The average Bonchev–Trinajstić information content (AvgIpc) is 2.46. The third-order valence-corrected chi connectivity index (χ3v) is 2.44. The molecule has 2 rings (SSSR count). The Morgan fingerprint density at radius 3 is 3.23 bits per heavy atom. The Hall–Kier alpha value is -1.49. The molecule has 0 amide bonds. The van der Waals surface area contributed by atoms with Crippen LogP contribution in [0, 0.1) is 6.92 Å². The first-order valence-corrected chi connectivity index (χ1v) is 4.45. The van der Waals surface area contributed by atoms with Crippen molar-refractivity contribution >= 4 is 28.0 Å². The molecule has 2 aromatic rings. The van der Waals surface area contributed by atoms with Gasteiger partial charge in [0, 0.05) is 11.9 Å². The zero-order valence-electron chi connectivity index (χ0n) is 6.85. The van der Waals surface area contributed by atoms with Crippen LogP contribution in [0.15, 0.2) is 12.3 Å². The largest absolute Gasteiger partial charge is 0.400 e. The molecular weight excluding hydrogens is 188 g/mol. The van der Waals surface area contributed by atoms with E-state index >= 15 is 0 Å². The van der Waals surface area contributed by atoms with E-state index in [0.29, 0.717) is 11.7 Å². The van der Waals surface area contributed by atoms with E-state index in [9.17, 15) is 4.79 Å². The number of carbonyl (C=O) groups is 1. The fourth-order valence-electron chi connectivity index (χ4n) is 1.01.